The molecular formula is C4H6O3S2. The van der Waals surface area contributed by atoms with Gasteiger partial charge in [-0.3, -0.25) is 4.21 Å². The zero-order valence-corrected chi connectivity index (χ0v) is 6.46. The SMILES string of the molecule is C=S1(=O)C=C1S(C)(=O)=O. The maximum absolute atomic E-state index is 10.7. The molecule has 9 heavy (non-hydrogen) atoms. The zero-order valence-electron chi connectivity index (χ0n) is 4.83. The second-order valence-electron chi connectivity index (χ2n) is 1.94. The first-order valence-corrected chi connectivity index (χ1v) is 5.81. The van der Waals surface area contributed by atoms with E-state index in [0.29, 0.717) is 0 Å². The Morgan fingerprint density at radius 3 is 2.00 bits per heavy atom. The van der Waals surface area contributed by atoms with Gasteiger partial charge in [0.1, 0.15) is 4.24 Å². The average molecular weight is 166 g/mol. The molecule has 52 valence electrons. The van der Waals surface area contributed by atoms with Gasteiger partial charge in [-0.05, 0) is 5.87 Å². The molecule has 5 heteroatoms. The van der Waals surface area contributed by atoms with Gasteiger partial charge in [-0.1, -0.05) is 0 Å². The topological polar surface area (TPSA) is 51.2 Å². The molecule has 1 aliphatic rings. The second-order valence-corrected chi connectivity index (χ2v) is 6.31. The van der Waals surface area contributed by atoms with Gasteiger partial charge in [-0.25, -0.2) is 8.42 Å². The third kappa shape index (κ3) is 1.16. The van der Waals surface area contributed by atoms with Crippen LogP contribution in [0.2, 0.25) is 0 Å². The summed E-state index contributed by atoms with van der Waals surface area (Å²) in [6.45, 7) is 0. The summed E-state index contributed by atoms with van der Waals surface area (Å²) in [5.74, 6) is 3.19. The first-order chi connectivity index (χ1) is 3.84. The lowest BCUT2D eigenvalue weighted by Crippen LogP contribution is -1.94. The number of sulfone groups is 1. The molecule has 0 N–H and O–H groups in total. The third-order valence-electron chi connectivity index (χ3n) is 0.935. The Morgan fingerprint density at radius 1 is 1.67 bits per heavy atom. The van der Waals surface area contributed by atoms with Crippen LogP contribution in [-0.2, 0) is 19.4 Å². The summed E-state index contributed by atoms with van der Waals surface area (Å²) < 4.78 is 31.7. The van der Waals surface area contributed by atoms with E-state index < -0.39 is 19.4 Å². The van der Waals surface area contributed by atoms with Gasteiger partial charge in [0.15, 0.2) is 9.84 Å². The van der Waals surface area contributed by atoms with E-state index in [1.165, 1.54) is 5.41 Å². The van der Waals surface area contributed by atoms with Crippen LogP contribution in [0.4, 0.5) is 0 Å². The molecule has 1 rings (SSSR count). The van der Waals surface area contributed by atoms with Crippen molar-refractivity contribution in [2.24, 2.45) is 0 Å². The zero-order chi connectivity index (χ0) is 7.28. The molecule has 0 aromatic carbocycles. The molecule has 0 amide bonds. The summed E-state index contributed by atoms with van der Waals surface area (Å²) >= 11 is 0. The smallest absolute Gasteiger partial charge is 0.184 e. The highest BCUT2D eigenvalue weighted by Crippen LogP contribution is 2.29. The van der Waals surface area contributed by atoms with Crippen molar-refractivity contribution < 1.29 is 12.6 Å². The first-order valence-electron chi connectivity index (χ1n) is 2.13. The minimum absolute atomic E-state index is 0.00463. The number of rotatable bonds is 1. The van der Waals surface area contributed by atoms with Crippen LogP contribution in [0, 0.1) is 0 Å². The van der Waals surface area contributed by atoms with Crippen molar-refractivity contribution >= 4 is 25.2 Å². The number of hydrogen-bond acceptors (Lipinski definition) is 3. The molecule has 1 atom stereocenters. The van der Waals surface area contributed by atoms with Crippen LogP contribution in [0.1, 0.15) is 0 Å². The van der Waals surface area contributed by atoms with Crippen molar-refractivity contribution in [1.29, 1.82) is 0 Å². The van der Waals surface area contributed by atoms with Crippen molar-refractivity contribution in [1.82, 2.24) is 0 Å². The van der Waals surface area contributed by atoms with E-state index in [9.17, 15) is 12.6 Å². The van der Waals surface area contributed by atoms with E-state index in [2.05, 4.69) is 5.87 Å². The van der Waals surface area contributed by atoms with Crippen molar-refractivity contribution in [3.8, 4) is 0 Å². The summed E-state index contributed by atoms with van der Waals surface area (Å²) in [6.07, 6.45) is 1.02. The Hall–Kier alpha value is -0.290. The Kier molecular flexibility index (Phi) is 1.07. The highest BCUT2D eigenvalue weighted by Gasteiger charge is 2.32. The van der Waals surface area contributed by atoms with Gasteiger partial charge in [0.2, 0.25) is 0 Å². The normalized spacial score (nSPS) is 33.7. The van der Waals surface area contributed by atoms with Crippen molar-refractivity contribution in [3.05, 3.63) is 9.65 Å². The fraction of sp³-hybridized carbons (Fsp3) is 0.250. The molecule has 0 aliphatic carbocycles. The average Bonchev–Trinajstić information content (AvgIpc) is 2.10. The van der Waals surface area contributed by atoms with Crippen LogP contribution in [0.25, 0.3) is 0 Å². The molecule has 0 fully saturated rings. The monoisotopic (exact) mass is 166 g/mol. The first kappa shape index (κ1) is 6.82. The van der Waals surface area contributed by atoms with Crippen LogP contribution < -0.4 is 0 Å². The van der Waals surface area contributed by atoms with Gasteiger partial charge in [0.05, 0.1) is 0 Å². The van der Waals surface area contributed by atoms with Gasteiger partial charge >= 0.3 is 0 Å². The molecule has 0 aromatic rings. The maximum Gasteiger partial charge on any atom is 0.184 e. The lowest BCUT2D eigenvalue weighted by molar-refractivity contribution is 0.609. The molecule has 1 aliphatic heterocycles. The minimum atomic E-state index is -3.21. The molecular weight excluding hydrogens is 160 g/mol. The van der Waals surface area contributed by atoms with E-state index in [4.69, 9.17) is 0 Å². The third-order valence-corrected chi connectivity index (χ3v) is 4.85. The Morgan fingerprint density at radius 2 is 2.00 bits per heavy atom. The summed E-state index contributed by atoms with van der Waals surface area (Å²) in [7, 11) is -5.63. The Labute approximate surface area is 54.3 Å². The van der Waals surface area contributed by atoms with E-state index in [1.807, 2.05) is 0 Å². The highest BCUT2D eigenvalue weighted by atomic mass is 32.3. The van der Waals surface area contributed by atoms with E-state index in [-0.39, 0.29) is 4.24 Å². The number of hydrogen-bond donors (Lipinski definition) is 0. The van der Waals surface area contributed by atoms with Crippen LogP contribution in [0.15, 0.2) is 9.65 Å². The minimum Gasteiger partial charge on any atom is -0.258 e. The van der Waals surface area contributed by atoms with Gasteiger partial charge in [-0.2, -0.15) is 0 Å². The quantitative estimate of drug-likeness (QED) is 0.496. The molecule has 0 radical (unpaired) electrons. The summed E-state index contributed by atoms with van der Waals surface area (Å²) in [6, 6.07) is 0. The molecule has 3 nitrogen and oxygen atoms in total. The maximum atomic E-state index is 10.7. The van der Waals surface area contributed by atoms with Gasteiger partial charge in [-0.15, -0.1) is 0 Å². The fourth-order valence-electron chi connectivity index (χ4n) is 0.475. The van der Waals surface area contributed by atoms with Gasteiger partial charge < -0.3 is 0 Å². The van der Waals surface area contributed by atoms with Crippen molar-refractivity contribution in [3.63, 3.8) is 0 Å². The van der Waals surface area contributed by atoms with Crippen LogP contribution >= 0.6 is 0 Å². The summed E-state index contributed by atoms with van der Waals surface area (Å²) in [5.41, 5.74) is 0. The van der Waals surface area contributed by atoms with Crippen molar-refractivity contribution in [2.75, 3.05) is 6.26 Å². The van der Waals surface area contributed by atoms with E-state index >= 15 is 0 Å². The molecule has 0 bridgehead atoms. The molecule has 0 aromatic heterocycles. The summed E-state index contributed by atoms with van der Waals surface area (Å²) in [4.78, 5) is 0. The van der Waals surface area contributed by atoms with Gasteiger partial charge in [0.25, 0.3) is 0 Å². The Balaban J connectivity index is 3.15. The van der Waals surface area contributed by atoms with E-state index in [0.717, 1.165) is 6.26 Å². The van der Waals surface area contributed by atoms with Crippen molar-refractivity contribution in [2.45, 2.75) is 0 Å². The van der Waals surface area contributed by atoms with E-state index in [1.54, 1.807) is 0 Å². The summed E-state index contributed by atoms with van der Waals surface area (Å²) in [5, 5.41) is 1.18. The molecule has 1 heterocycles. The molecule has 0 saturated heterocycles. The lowest BCUT2D eigenvalue weighted by Gasteiger charge is -1.83. The van der Waals surface area contributed by atoms with Crippen LogP contribution in [-0.4, -0.2) is 24.8 Å². The van der Waals surface area contributed by atoms with Crippen LogP contribution in [0.5, 0.6) is 0 Å². The molecule has 0 saturated carbocycles. The Bertz CT molecular complexity index is 355. The molecule has 0 spiro atoms. The van der Waals surface area contributed by atoms with Gasteiger partial charge in [0, 0.05) is 21.2 Å². The molecule has 1 unspecified atom stereocenters. The van der Waals surface area contributed by atoms with Crippen LogP contribution in [0.3, 0.4) is 0 Å². The fourth-order valence-corrected chi connectivity index (χ4v) is 4.28. The standard InChI is InChI=1S/C4H6O3S2/c1-8(5)3-4(8)9(2,6)7/h3H,1H2,2H3. The lowest BCUT2D eigenvalue weighted by atomic mass is 11.3. The largest absolute Gasteiger partial charge is 0.258 e. The highest BCUT2D eigenvalue weighted by molar-refractivity contribution is 8.26. The predicted octanol–water partition coefficient (Wildman–Crippen LogP) is -0.440. The predicted molar refractivity (Wildman–Crippen MR) is 38.2 cm³/mol. The second kappa shape index (κ2) is 1.41.